The van der Waals surface area contributed by atoms with Crippen LogP contribution in [0.5, 0.6) is 0 Å². The molecule has 7 heteroatoms. The minimum Gasteiger partial charge on any atom is -0.364 e. The van der Waals surface area contributed by atoms with Crippen molar-refractivity contribution in [1.82, 2.24) is 20.4 Å². The van der Waals surface area contributed by atoms with Gasteiger partial charge in [-0.1, -0.05) is 11.2 Å². The molecule has 0 aliphatic carbocycles. The number of nitrogens with one attached hydrogen (secondary N) is 1. The predicted octanol–water partition coefficient (Wildman–Crippen LogP) is 1.34. The van der Waals surface area contributed by atoms with Crippen LogP contribution in [0.4, 0.5) is 5.82 Å². The Kier molecular flexibility index (Phi) is 5.35. The SMILES string of the molecule is CN=C(NCc1ccc(N(C)C)nc1)N(C)Cc1ccon1. The van der Waals surface area contributed by atoms with Crippen molar-refractivity contribution in [3.05, 3.63) is 41.9 Å². The Morgan fingerprint density at radius 1 is 1.27 bits per heavy atom. The highest BCUT2D eigenvalue weighted by Crippen LogP contribution is 2.08. The Hall–Kier alpha value is -2.57. The number of pyridine rings is 1. The van der Waals surface area contributed by atoms with Crippen LogP contribution in [0.3, 0.4) is 0 Å². The third kappa shape index (κ3) is 4.21. The highest BCUT2D eigenvalue weighted by Gasteiger charge is 2.08. The quantitative estimate of drug-likeness (QED) is 0.664. The molecule has 0 saturated heterocycles. The number of rotatable bonds is 5. The van der Waals surface area contributed by atoms with Crippen LogP contribution in [-0.2, 0) is 13.1 Å². The van der Waals surface area contributed by atoms with Crippen molar-refractivity contribution >= 4 is 11.8 Å². The summed E-state index contributed by atoms with van der Waals surface area (Å²) < 4.78 is 4.84. The molecule has 0 atom stereocenters. The van der Waals surface area contributed by atoms with Crippen molar-refractivity contribution in [2.75, 3.05) is 33.1 Å². The minimum absolute atomic E-state index is 0.633. The number of guanidine groups is 1. The first-order chi connectivity index (χ1) is 10.6. The zero-order chi connectivity index (χ0) is 15.9. The molecule has 0 radical (unpaired) electrons. The van der Waals surface area contributed by atoms with Gasteiger partial charge in [0.2, 0.25) is 0 Å². The van der Waals surface area contributed by atoms with Gasteiger partial charge in [-0.25, -0.2) is 4.98 Å². The number of aliphatic imine (C=N–C) groups is 1. The van der Waals surface area contributed by atoms with E-state index in [1.165, 1.54) is 0 Å². The second kappa shape index (κ2) is 7.44. The van der Waals surface area contributed by atoms with Gasteiger partial charge in [0.15, 0.2) is 5.96 Å². The fourth-order valence-electron chi connectivity index (χ4n) is 1.99. The molecule has 2 heterocycles. The van der Waals surface area contributed by atoms with E-state index in [9.17, 15) is 0 Å². The van der Waals surface area contributed by atoms with Gasteiger partial charge < -0.3 is 19.6 Å². The van der Waals surface area contributed by atoms with Crippen molar-refractivity contribution in [3.8, 4) is 0 Å². The summed E-state index contributed by atoms with van der Waals surface area (Å²) in [5.74, 6) is 1.73. The Bertz CT molecular complexity index is 591. The fourth-order valence-corrected chi connectivity index (χ4v) is 1.99. The summed E-state index contributed by atoms with van der Waals surface area (Å²) in [6.45, 7) is 1.30. The summed E-state index contributed by atoms with van der Waals surface area (Å²) in [7, 11) is 7.66. The molecule has 0 spiro atoms. The molecule has 118 valence electrons. The van der Waals surface area contributed by atoms with Crippen molar-refractivity contribution in [3.63, 3.8) is 0 Å². The second-order valence-electron chi connectivity index (χ2n) is 5.17. The van der Waals surface area contributed by atoms with Gasteiger partial charge in [0.25, 0.3) is 0 Å². The fraction of sp³-hybridized carbons (Fsp3) is 0.400. The van der Waals surface area contributed by atoms with E-state index in [-0.39, 0.29) is 0 Å². The maximum atomic E-state index is 4.84. The maximum absolute atomic E-state index is 4.84. The molecule has 0 amide bonds. The molecular weight excluding hydrogens is 280 g/mol. The number of hydrogen-bond acceptors (Lipinski definition) is 5. The van der Waals surface area contributed by atoms with Crippen LogP contribution in [0.15, 0.2) is 40.2 Å². The Balaban J connectivity index is 1.90. The monoisotopic (exact) mass is 302 g/mol. The number of anilines is 1. The molecule has 22 heavy (non-hydrogen) atoms. The third-order valence-corrected chi connectivity index (χ3v) is 3.18. The molecule has 2 aromatic heterocycles. The zero-order valence-electron chi connectivity index (χ0n) is 13.4. The third-order valence-electron chi connectivity index (χ3n) is 3.18. The first kappa shape index (κ1) is 15.8. The summed E-state index contributed by atoms with van der Waals surface area (Å²) >= 11 is 0. The molecule has 0 aromatic carbocycles. The van der Waals surface area contributed by atoms with Gasteiger partial charge >= 0.3 is 0 Å². The molecule has 2 rings (SSSR count). The summed E-state index contributed by atoms with van der Waals surface area (Å²) in [5.41, 5.74) is 1.96. The van der Waals surface area contributed by atoms with Gasteiger partial charge in [-0.15, -0.1) is 0 Å². The Morgan fingerprint density at radius 2 is 2.09 bits per heavy atom. The van der Waals surface area contributed by atoms with Gasteiger partial charge in [-0.05, 0) is 11.6 Å². The lowest BCUT2D eigenvalue weighted by atomic mass is 10.3. The van der Waals surface area contributed by atoms with Crippen LogP contribution in [0, 0.1) is 0 Å². The normalized spacial score (nSPS) is 11.4. The van der Waals surface area contributed by atoms with E-state index in [1.54, 1.807) is 13.3 Å². The van der Waals surface area contributed by atoms with Crippen molar-refractivity contribution in [2.24, 2.45) is 4.99 Å². The Morgan fingerprint density at radius 3 is 2.64 bits per heavy atom. The van der Waals surface area contributed by atoms with E-state index in [1.807, 2.05) is 49.3 Å². The highest BCUT2D eigenvalue weighted by atomic mass is 16.5. The number of aromatic nitrogens is 2. The number of nitrogens with zero attached hydrogens (tertiary/aromatic N) is 5. The van der Waals surface area contributed by atoms with Crippen LogP contribution >= 0.6 is 0 Å². The molecule has 1 N–H and O–H groups in total. The summed E-state index contributed by atoms with van der Waals surface area (Å²) in [4.78, 5) is 12.6. The van der Waals surface area contributed by atoms with Gasteiger partial charge in [0, 0.05) is 47.0 Å². The van der Waals surface area contributed by atoms with Gasteiger partial charge in [0.1, 0.15) is 17.8 Å². The summed E-state index contributed by atoms with van der Waals surface area (Å²) in [5, 5.41) is 7.21. The van der Waals surface area contributed by atoms with E-state index in [4.69, 9.17) is 4.52 Å². The van der Waals surface area contributed by atoms with Crippen molar-refractivity contribution < 1.29 is 4.52 Å². The Labute approximate surface area is 130 Å². The van der Waals surface area contributed by atoms with E-state index in [0.29, 0.717) is 13.1 Å². The standard InChI is InChI=1S/C15H22N6O/c1-16-15(21(4)11-13-7-8-22-19-13)18-10-12-5-6-14(17-9-12)20(2)3/h5-9H,10-11H2,1-4H3,(H,16,18). The lowest BCUT2D eigenvalue weighted by Crippen LogP contribution is -2.38. The van der Waals surface area contributed by atoms with Crippen LogP contribution in [0.1, 0.15) is 11.3 Å². The second-order valence-corrected chi connectivity index (χ2v) is 5.17. The summed E-state index contributed by atoms with van der Waals surface area (Å²) in [6, 6.07) is 5.90. The van der Waals surface area contributed by atoms with E-state index in [2.05, 4.69) is 26.5 Å². The van der Waals surface area contributed by atoms with Gasteiger partial charge in [0.05, 0.1) is 6.54 Å². The van der Waals surface area contributed by atoms with Crippen LogP contribution < -0.4 is 10.2 Å². The van der Waals surface area contributed by atoms with Crippen molar-refractivity contribution in [2.45, 2.75) is 13.1 Å². The van der Waals surface area contributed by atoms with Crippen LogP contribution in [-0.4, -0.2) is 49.2 Å². The molecule has 0 unspecified atom stereocenters. The zero-order valence-corrected chi connectivity index (χ0v) is 13.4. The molecule has 7 nitrogen and oxygen atoms in total. The molecule has 0 fully saturated rings. The maximum Gasteiger partial charge on any atom is 0.194 e. The smallest absolute Gasteiger partial charge is 0.194 e. The van der Waals surface area contributed by atoms with Gasteiger partial charge in [-0.3, -0.25) is 4.99 Å². The molecule has 0 saturated carbocycles. The van der Waals surface area contributed by atoms with E-state index >= 15 is 0 Å². The molecule has 0 bridgehead atoms. The van der Waals surface area contributed by atoms with Crippen LogP contribution in [0.2, 0.25) is 0 Å². The first-order valence-electron chi connectivity index (χ1n) is 7.03. The van der Waals surface area contributed by atoms with Crippen LogP contribution in [0.25, 0.3) is 0 Å². The largest absolute Gasteiger partial charge is 0.364 e. The average molecular weight is 302 g/mol. The predicted molar refractivity (Wildman–Crippen MR) is 86.7 cm³/mol. The minimum atomic E-state index is 0.633. The lowest BCUT2D eigenvalue weighted by Gasteiger charge is -2.21. The highest BCUT2D eigenvalue weighted by molar-refractivity contribution is 5.79. The van der Waals surface area contributed by atoms with E-state index < -0.39 is 0 Å². The molecule has 0 aliphatic heterocycles. The molecular formula is C15H22N6O. The lowest BCUT2D eigenvalue weighted by molar-refractivity contribution is 0.391. The molecule has 0 aliphatic rings. The van der Waals surface area contributed by atoms with E-state index in [0.717, 1.165) is 23.0 Å². The summed E-state index contributed by atoms with van der Waals surface area (Å²) in [6.07, 6.45) is 3.44. The van der Waals surface area contributed by atoms with Crippen molar-refractivity contribution in [1.29, 1.82) is 0 Å². The number of hydrogen-bond donors (Lipinski definition) is 1. The first-order valence-corrected chi connectivity index (χ1v) is 7.03. The van der Waals surface area contributed by atoms with Gasteiger partial charge in [-0.2, -0.15) is 0 Å². The average Bonchev–Trinajstić information content (AvgIpc) is 3.01. The molecule has 2 aromatic rings. The topological polar surface area (TPSA) is 69.8 Å².